The van der Waals surface area contributed by atoms with Crippen molar-refractivity contribution in [2.24, 2.45) is 7.05 Å². The van der Waals surface area contributed by atoms with Gasteiger partial charge in [0.2, 0.25) is 5.91 Å². The van der Waals surface area contributed by atoms with Crippen LogP contribution in [-0.2, 0) is 11.8 Å². The largest absolute Gasteiger partial charge is 0.325 e. The Hall–Kier alpha value is -2.60. The van der Waals surface area contributed by atoms with Crippen molar-refractivity contribution in [3.05, 3.63) is 59.2 Å². The highest BCUT2D eigenvalue weighted by atomic mass is 32.2. The number of para-hydroxylation sites is 1. The number of aromatic nitrogens is 3. The second kappa shape index (κ2) is 8.61. The molecule has 1 amide bonds. The Morgan fingerprint density at radius 3 is 2.50 bits per heavy atom. The van der Waals surface area contributed by atoms with E-state index in [1.165, 1.54) is 17.3 Å². The number of aryl methyl sites for hydroxylation is 2. The maximum Gasteiger partial charge on any atom is 0.234 e. The lowest BCUT2D eigenvalue weighted by Crippen LogP contribution is -2.17. The van der Waals surface area contributed by atoms with E-state index in [0.717, 1.165) is 33.4 Å². The SMILES string of the molecule is Cc1ccc(-c2nnc(SCC(=O)Nc3c(C)cccc3C(C)C)n2C)cc1. The molecule has 0 aliphatic carbocycles. The summed E-state index contributed by atoms with van der Waals surface area (Å²) in [6.45, 7) is 8.33. The van der Waals surface area contributed by atoms with Crippen molar-refractivity contribution >= 4 is 23.4 Å². The Morgan fingerprint density at radius 1 is 1.11 bits per heavy atom. The van der Waals surface area contributed by atoms with E-state index in [0.29, 0.717) is 5.92 Å². The first-order chi connectivity index (χ1) is 13.4. The summed E-state index contributed by atoms with van der Waals surface area (Å²) in [5.41, 5.74) is 5.36. The lowest BCUT2D eigenvalue weighted by atomic mass is 9.98. The molecule has 0 radical (unpaired) electrons. The molecule has 0 aliphatic heterocycles. The van der Waals surface area contributed by atoms with Crippen LogP contribution < -0.4 is 5.32 Å². The molecule has 0 fully saturated rings. The van der Waals surface area contributed by atoms with Gasteiger partial charge in [0.05, 0.1) is 5.75 Å². The molecule has 3 aromatic rings. The summed E-state index contributed by atoms with van der Waals surface area (Å²) in [5.74, 6) is 1.38. The van der Waals surface area contributed by atoms with E-state index in [1.807, 2.05) is 42.8 Å². The Bertz CT molecular complexity index is 977. The highest BCUT2D eigenvalue weighted by molar-refractivity contribution is 7.99. The molecule has 0 aliphatic rings. The van der Waals surface area contributed by atoms with E-state index in [-0.39, 0.29) is 11.7 Å². The summed E-state index contributed by atoms with van der Waals surface area (Å²) in [5, 5.41) is 12.3. The zero-order valence-corrected chi connectivity index (χ0v) is 17.8. The molecule has 28 heavy (non-hydrogen) atoms. The summed E-state index contributed by atoms with van der Waals surface area (Å²) in [7, 11) is 1.92. The fourth-order valence-electron chi connectivity index (χ4n) is 3.04. The molecule has 1 heterocycles. The molecule has 0 spiro atoms. The molecule has 0 atom stereocenters. The van der Waals surface area contributed by atoms with Crippen LogP contribution in [0.1, 0.15) is 36.5 Å². The highest BCUT2D eigenvalue weighted by Gasteiger charge is 2.15. The number of anilines is 1. The van der Waals surface area contributed by atoms with E-state index in [4.69, 9.17) is 0 Å². The minimum atomic E-state index is -0.0407. The van der Waals surface area contributed by atoms with Crippen LogP contribution in [0, 0.1) is 13.8 Å². The van der Waals surface area contributed by atoms with Gasteiger partial charge in [0.15, 0.2) is 11.0 Å². The molecule has 6 heteroatoms. The lowest BCUT2D eigenvalue weighted by Gasteiger charge is -2.16. The van der Waals surface area contributed by atoms with Crippen molar-refractivity contribution in [2.75, 3.05) is 11.1 Å². The molecular weight excluding hydrogens is 368 g/mol. The van der Waals surface area contributed by atoms with Gasteiger partial charge in [0, 0.05) is 18.3 Å². The summed E-state index contributed by atoms with van der Waals surface area (Å²) in [6.07, 6.45) is 0. The average molecular weight is 395 g/mol. The van der Waals surface area contributed by atoms with Crippen molar-refractivity contribution < 1.29 is 4.79 Å². The van der Waals surface area contributed by atoms with Crippen molar-refractivity contribution in [3.63, 3.8) is 0 Å². The first-order valence-electron chi connectivity index (χ1n) is 9.35. The van der Waals surface area contributed by atoms with Crippen LogP contribution in [0.15, 0.2) is 47.6 Å². The summed E-state index contributed by atoms with van der Waals surface area (Å²) in [6, 6.07) is 14.3. The molecule has 1 N–H and O–H groups in total. The quantitative estimate of drug-likeness (QED) is 0.601. The average Bonchev–Trinajstić information content (AvgIpc) is 3.02. The number of rotatable bonds is 6. The van der Waals surface area contributed by atoms with E-state index in [9.17, 15) is 4.79 Å². The van der Waals surface area contributed by atoms with Gasteiger partial charge in [-0.1, -0.05) is 73.6 Å². The third kappa shape index (κ3) is 4.44. The third-order valence-electron chi connectivity index (χ3n) is 4.67. The van der Waals surface area contributed by atoms with Gasteiger partial charge in [-0.05, 0) is 30.9 Å². The van der Waals surface area contributed by atoms with Gasteiger partial charge >= 0.3 is 0 Å². The van der Waals surface area contributed by atoms with Gasteiger partial charge in [-0.15, -0.1) is 10.2 Å². The fourth-order valence-corrected chi connectivity index (χ4v) is 3.75. The third-order valence-corrected chi connectivity index (χ3v) is 5.69. The molecule has 2 aromatic carbocycles. The molecule has 0 saturated heterocycles. The number of hydrogen-bond acceptors (Lipinski definition) is 4. The predicted molar refractivity (Wildman–Crippen MR) is 116 cm³/mol. The normalized spacial score (nSPS) is 11.1. The van der Waals surface area contributed by atoms with Crippen molar-refractivity contribution in [2.45, 2.75) is 38.8 Å². The number of thioether (sulfide) groups is 1. The Kier molecular flexibility index (Phi) is 6.19. The minimum absolute atomic E-state index is 0.0407. The van der Waals surface area contributed by atoms with Gasteiger partial charge in [-0.2, -0.15) is 0 Å². The maximum atomic E-state index is 12.5. The molecule has 0 unspecified atom stereocenters. The van der Waals surface area contributed by atoms with Crippen LogP contribution in [-0.4, -0.2) is 26.4 Å². The Balaban J connectivity index is 1.69. The van der Waals surface area contributed by atoms with E-state index < -0.39 is 0 Å². The molecule has 146 valence electrons. The summed E-state index contributed by atoms with van der Waals surface area (Å²) >= 11 is 1.39. The number of nitrogens with zero attached hydrogens (tertiary/aromatic N) is 3. The fraction of sp³-hybridized carbons (Fsp3) is 0.318. The number of nitrogens with one attached hydrogen (secondary N) is 1. The highest BCUT2D eigenvalue weighted by Crippen LogP contribution is 2.28. The van der Waals surface area contributed by atoms with E-state index in [2.05, 4.69) is 54.5 Å². The van der Waals surface area contributed by atoms with Gasteiger partial charge < -0.3 is 9.88 Å². The van der Waals surface area contributed by atoms with Crippen LogP contribution in [0.4, 0.5) is 5.69 Å². The monoisotopic (exact) mass is 394 g/mol. The minimum Gasteiger partial charge on any atom is -0.325 e. The maximum absolute atomic E-state index is 12.5. The summed E-state index contributed by atoms with van der Waals surface area (Å²) < 4.78 is 1.93. The van der Waals surface area contributed by atoms with Gasteiger partial charge in [0.25, 0.3) is 0 Å². The van der Waals surface area contributed by atoms with Crippen LogP contribution in [0.3, 0.4) is 0 Å². The number of amides is 1. The smallest absolute Gasteiger partial charge is 0.234 e. The number of benzene rings is 2. The predicted octanol–water partition coefficient (Wildman–Crippen LogP) is 4.95. The Labute approximate surface area is 170 Å². The van der Waals surface area contributed by atoms with Crippen LogP contribution in [0.5, 0.6) is 0 Å². The molecule has 1 aromatic heterocycles. The molecule has 3 rings (SSSR count). The topological polar surface area (TPSA) is 59.8 Å². The van der Waals surface area contributed by atoms with Gasteiger partial charge in [-0.3, -0.25) is 4.79 Å². The molecular formula is C22H26N4OS. The lowest BCUT2D eigenvalue weighted by molar-refractivity contribution is -0.113. The number of carbonyl (C=O) groups excluding carboxylic acids is 1. The van der Waals surface area contributed by atoms with Gasteiger partial charge in [0.1, 0.15) is 0 Å². The van der Waals surface area contributed by atoms with Crippen molar-refractivity contribution in [1.29, 1.82) is 0 Å². The first kappa shape index (κ1) is 20.1. The van der Waals surface area contributed by atoms with Gasteiger partial charge in [-0.25, -0.2) is 0 Å². The first-order valence-corrected chi connectivity index (χ1v) is 10.3. The standard InChI is InChI=1S/C22H26N4OS/c1-14(2)18-8-6-7-16(4)20(18)23-19(27)13-28-22-25-24-21(26(22)5)17-11-9-15(3)10-12-17/h6-12,14H,13H2,1-5H3,(H,23,27). The molecule has 0 saturated carbocycles. The van der Waals surface area contributed by atoms with Crippen molar-refractivity contribution in [3.8, 4) is 11.4 Å². The Morgan fingerprint density at radius 2 is 1.82 bits per heavy atom. The van der Waals surface area contributed by atoms with Crippen LogP contribution in [0.25, 0.3) is 11.4 Å². The summed E-state index contributed by atoms with van der Waals surface area (Å²) in [4.78, 5) is 12.5. The molecule has 5 nitrogen and oxygen atoms in total. The van der Waals surface area contributed by atoms with Crippen LogP contribution in [0.2, 0.25) is 0 Å². The van der Waals surface area contributed by atoms with E-state index >= 15 is 0 Å². The second-order valence-electron chi connectivity index (χ2n) is 7.26. The number of carbonyl (C=O) groups is 1. The zero-order valence-electron chi connectivity index (χ0n) is 17.0. The van der Waals surface area contributed by atoms with E-state index in [1.54, 1.807) is 0 Å². The van der Waals surface area contributed by atoms with Crippen LogP contribution >= 0.6 is 11.8 Å². The van der Waals surface area contributed by atoms with Crippen molar-refractivity contribution in [1.82, 2.24) is 14.8 Å². The zero-order chi connectivity index (χ0) is 20.3. The molecule has 0 bridgehead atoms. The second-order valence-corrected chi connectivity index (χ2v) is 8.20. The number of hydrogen-bond donors (Lipinski definition) is 1.